The van der Waals surface area contributed by atoms with E-state index in [0.29, 0.717) is 23.3 Å². The zero-order valence-electron chi connectivity index (χ0n) is 12.0. The molecule has 0 bridgehead atoms. The fourth-order valence-corrected chi connectivity index (χ4v) is 3.04. The molecular weight excluding hydrogens is 238 g/mol. The Kier molecular flexibility index (Phi) is 4.08. The summed E-state index contributed by atoms with van der Waals surface area (Å²) in [6, 6.07) is 3.82. The topological polar surface area (TPSA) is 59.2 Å². The third kappa shape index (κ3) is 3.06. The third-order valence-electron chi connectivity index (χ3n) is 4.10. The molecule has 1 aromatic rings. The normalized spacial score (nSPS) is 23.1. The van der Waals surface area contributed by atoms with Crippen molar-refractivity contribution in [2.75, 3.05) is 12.8 Å². The lowest BCUT2D eigenvalue weighted by Crippen LogP contribution is -2.42. The van der Waals surface area contributed by atoms with Crippen molar-refractivity contribution in [3.63, 3.8) is 0 Å². The van der Waals surface area contributed by atoms with E-state index in [2.05, 4.69) is 11.9 Å². The molecule has 0 spiro atoms. The Bertz CT molecular complexity index is 452. The first-order valence-corrected chi connectivity index (χ1v) is 7.00. The van der Waals surface area contributed by atoms with Crippen LogP contribution in [0, 0.1) is 12.8 Å². The van der Waals surface area contributed by atoms with Crippen molar-refractivity contribution in [1.29, 1.82) is 0 Å². The molecule has 1 aliphatic carbocycles. The van der Waals surface area contributed by atoms with Crippen molar-refractivity contribution in [3.8, 4) is 0 Å². The minimum atomic E-state index is 0.0518. The van der Waals surface area contributed by atoms with Crippen molar-refractivity contribution in [1.82, 2.24) is 9.88 Å². The molecule has 4 nitrogen and oxygen atoms in total. The summed E-state index contributed by atoms with van der Waals surface area (Å²) in [5, 5.41) is 0. The van der Waals surface area contributed by atoms with Crippen LogP contribution < -0.4 is 5.73 Å². The first kappa shape index (κ1) is 13.8. The second-order valence-corrected chi connectivity index (χ2v) is 5.67. The SMILES string of the molecule is Cc1cc(C(=O)N(C)C2CCCCC2C)cc(N)n1. The Morgan fingerprint density at radius 3 is 2.68 bits per heavy atom. The minimum absolute atomic E-state index is 0.0518. The van der Waals surface area contributed by atoms with Gasteiger partial charge in [0.2, 0.25) is 0 Å². The van der Waals surface area contributed by atoms with Gasteiger partial charge in [-0.05, 0) is 37.8 Å². The molecule has 1 aromatic heterocycles. The maximum Gasteiger partial charge on any atom is 0.254 e. The highest BCUT2D eigenvalue weighted by atomic mass is 16.2. The summed E-state index contributed by atoms with van der Waals surface area (Å²) in [4.78, 5) is 18.5. The van der Waals surface area contributed by atoms with Crippen LogP contribution >= 0.6 is 0 Å². The fraction of sp³-hybridized carbons (Fsp3) is 0.600. The molecule has 2 N–H and O–H groups in total. The monoisotopic (exact) mass is 261 g/mol. The molecule has 0 aliphatic heterocycles. The lowest BCUT2D eigenvalue weighted by Gasteiger charge is -2.36. The van der Waals surface area contributed by atoms with E-state index in [0.717, 1.165) is 12.1 Å². The van der Waals surface area contributed by atoms with Gasteiger partial charge in [-0.15, -0.1) is 0 Å². The van der Waals surface area contributed by atoms with Gasteiger partial charge in [-0.3, -0.25) is 4.79 Å². The second-order valence-electron chi connectivity index (χ2n) is 5.67. The van der Waals surface area contributed by atoms with E-state index < -0.39 is 0 Å². The highest BCUT2D eigenvalue weighted by Gasteiger charge is 2.28. The second kappa shape index (κ2) is 5.59. The number of carbonyl (C=O) groups excluding carboxylic acids is 1. The number of nitrogens with zero attached hydrogens (tertiary/aromatic N) is 2. The summed E-state index contributed by atoms with van der Waals surface area (Å²) in [6.45, 7) is 4.09. The van der Waals surface area contributed by atoms with Crippen LogP contribution in [0.25, 0.3) is 0 Å². The number of pyridine rings is 1. The van der Waals surface area contributed by atoms with Crippen LogP contribution in [0.15, 0.2) is 12.1 Å². The quantitative estimate of drug-likeness (QED) is 0.890. The summed E-state index contributed by atoms with van der Waals surface area (Å²) in [7, 11) is 1.90. The first-order chi connectivity index (χ1) is 8.99. The molecule has 1 saturated carbocycles. The molecule has 2 atom stereocenters. The Morgan fingerprint density at radius 2 is 2.05 bits per heavy atom. The molecular formula is C15H23N3O. The molecule has 1 fully saturated rings. The number of anilines is 1. The zero-order valence-corrected chi connectivity index (χ0v) is 12.0. The van der Waals surface area contributed by atoms with Gasteiger partial charge in [-0.2, -0.15) is 0 Å². The summed E-state index contributed by atoms with van der Waals surface area (Å²) in [5.74, 6) is 1.03. The molecule has 0 aromatic carbocycles. The van der Waals surface area contributed by atoms with Crippen molar-refractivity contribution >= 4 is 11.7 Å². The molecule has 2 rings (SSSR count). The highest BCUT2D eigenvalue weighted by molar-refractivity contribution is 5.95. The van der Waals surface area contributed by atoms with Crippen molar-refractivity contribution in [2.24, 2.45) is 5.92 Å². The van der Waals surface area contributed by atoms with E-state index in [1.165, 1.54) is 19.3 Å². The maximum atomic E-state index is 12.5. The average molecular weight is 261 g/mol. The molecule has 1 aliphatic rings. The van der Waals surface area contributed by atoms with Gasteiger partial charge in [-0.25, -0.2) is 4.98 Å². The Labute approximate surface area is 115 Å². The molecule has 0 radical (unpaired) electrons. The van der Waals surface area contributed by atoms with Crippen LogP contribution in [0.3, 0.4) is 0 Å². The standard InChI is InChI=1S/C15H23N3O/c1-10-6-4-5-7-13(10)18(3)15(19)12-8-11(2)17-14(16)9-12/h8-10,13H,4-7H2,1-3H3,(H2,16,17). The van der Waals surface area contributed by atoms with E-state index >= 15 is 0 Å². The molecule has 4 heteroatoms. The van der Waals surface area contributed by atoms with Gasteiger partial charge in [0.25, 0.3) is 5.91 Å². The molecule has 1 amide bonds. The number of aromatic nitrogens is 1. The molecule has 1 heterocycles. The highest BCUT2D eigenvalue weighted by Crippen LogP contribution is 2.28. The zero-order chi connectivity index (χ0) is 14.0. The molecule has 0 saturated heterocycles. The summed E-state index contributed by atoms with van der Waals surface area (Å²) < 4.78 is 0. The Morgan fingerprint density at radius 1 is 1.37 bits per heavy atom. The van der Waals surface area contributed by atoms with Gasteiger partial charge in [-0.1, -0.05) is 19.8 Å². The van der Waals surface area contributed by atoms with Crippen molar-refractivity contribution in [2.45, 2.75) is 45.6 Å². The van der Waals surface area contributed by atoms with Crippen LogP contribution in [0.5, 0.6) is 0 Å². The predicted molar refractivity (Wildman–Crippen MR) is 76.9 cm³/mol. The smallest absolute Gasteiger partial charge is 0.254 e. The number of nitrogens with two attached hydrogens (primary N) is 1. The summed E-state index contributed by atoms with van der Waals surface area (Å²) in [5.41, 5.74) is 7.15. The third-order valence-corrected chi connectivity index (χ3v) is 4.10. The number of nitrogen functional groups attached to an aromatic ring is 1. The van der Waals surface area contributed by atoms with Gasteiger partial charge < -0.3 is 10.6 Å². The lowest BCUT2D eigenvalue weighted by atomic mass is 9.85. The van der Waals surface area contributed by atoms with Crippen molar-refractivity contribution < 1.29 is 4.79 Å². The van der Waals surface area contributed by atoms with E-state index in [1.54, 1.807) is 6.07 Å². The Balaban J connectivity index is 2.18. The molecule has 104 valence electrons. The number of hydrogen-bond acceptors (Lipinski definition) is 3. The molecule has 19 heavy (non-hydrogen) atoms. The van der Waals surface area contributed by atoms with Crippen LogP contribution in [-0.4, -0.2) is 28.9 Å². The van der Waals surface area contributed by atoms with Crippen molar-refractivity contribution in [3.05, 3.63) is 23.4 Å². The largest absolute Gasteiger partial charge is 0.384 e. The van der Waals surface area contributed by atoms with Gasteiger partial charge in [0.05, 0.1) is 0 Å². The van der Waals surface area contributed by atoms with Crippen LogP contribution in [-0.2, 0) is 0 Å². The summed E-state index contributed by atoms with van der Waals surface area (Å²) >= 11 is 0. The first-order valence-electron chi connectivity index (χ1n) is 7.00. The lowest BCUT2D eigenvalue weighted by molar-refractivity contribution is 0.0629. The predicted octanol–water partition coefficient (Wildman–Crippen LogP) is 2.62. The van der Waals surface area contributed by atoms with Crippen LogP contribution in [0.2, 0.25) is 0 Å². The number of carbonyl (C=O) groups is 1. The van der Waals surface area contributed by atoms with E-state index in [1.807, 2.05) is 24.9 Å². The van der Waals surface area contributed by atoms with Gasteiger partial charge >= 0.3 is 0 Å². The van der Waals surface area contributed by atoms with Gasteiger partial charge in [0.1, 0.15) is 5.82 Å². The summed E-state index contributed by atoms with van der Waals surface area (Å²) in [6.07, 6.45) is 4.80. The van der Waals surface area contributed by atoms with Gasteiger partial charge in [0.15, 0.2) is 0 Å². The number of hydrogen-bond donors (Lipinski definition) is 1. The average Bonchev–Trinajstić information content (AvgIpc) is 2.36. The van der Waals surface area contributed by atoms with E-state index in [-0.39, 0.29) is 5.91 Å². The molecule has 2 unspecified atom stereocenters. The van der Waals surface area contributed by atoms with Crippen LogP contribution in [0.1, 0.15) is 48.7 Å². The van der Waals surface area contributed by atoms with E-state index in [4.69, 9.17) is 5.73 Å². The Hall–Kier alpha value is -1.58. The number of amides is 1. The van der Waals surface area contributed by atoms with Gasteiger partial charge in [0, 0.05) is 24.3 Å². The van der Waals surface area contributed by atoms with Crippen LogP contribution in [0.4, 0.5) is 5.82 Å². The number of aryl methyl sites for hydroxylation is 1. The maximum absolute atomic E-state index is 12.5. The number of rotatable bonds is 2. The minimum Gasteiger partial charge on any atom is -0.384 e. The fourth-order valence-electron chi connectivity index (χ4n) is 3.04. The van der Waals surface area contributed by atoms with E-state index in [9.17, 15) is 4.79 Å².